The van der Waals surface area contributed by atoms with Crippen molar-refractivity contribution in [3.8, 4) is 0 Å². The van der Waals surface area contributed by atoms with Gasteiger partial charge in [-0.3, -0.25) is 0 Å². The van der Waals surface area contributed by atoms with E-state index >= 15 is 0 Å². The second kappa shape index (κ2) is 4.07. The first kappa shape index (κ1) is 12.0. The lowest BCUT2D eigenvalue weighted by Crippen LogP contribution is -2.08. The van der Waals surface area contributed by atoms with Crippen LogP contribution in [0.5, 0.6) is 0 Å². The van der Waals surface area contributed by atoms with Gasteiger partial charge in [-0.05, 0) is 24.6 Å². The third kappa shape index (κ3) is 2.29. The smallest absolute Gasteiger partial charge is 0.393 e. The number of aliphatic hydroxyl groups is 1. The summed E-state index contributed by atoms with van der Waals surface area (Å²) in [5.41, 5.74) is 0.269. The van der Waals surface area contributed by atoms with Crippen LogP contribution in [0.3, 0.4) is 0 Å². The lowest BCUT2D eigenvalue weighted by atomic mass is 10.0. The molecule has 2 rings (SSSR count). The first-order valence-electron chi connectivity index (χ1n) is 5.24. The zero-order valence-corrected chi connectivity index (χ0v) is 9.17. The molecular formula is C12H12F3NO. The van der Waals surface area contributed by atoms with Crippen molar-refractivity contribution in [2.45, 2.75) is 25.6 Å². The van der Waals surface area contributed by atoms with Crippen molar-refractivity contribution in [1.29, 1.82) is 0 Å². The maximum atomic E-state index is 12.8. The molecule has 2 nitrogen and oxygen atoms in total. The summed E-state index contributed by atoms with van der Waals surface area (Å²) in [6.45, 7) is 1.55. The number of hydrogen-bond acceptors (Lipinski definition) is 1. The molecule has 1 atom stereocenters. The van der Waals surface area contributed by atoms with Gasteiger partial charge in [0.1, 0.15) is 0 Å². The number of halogens is 3. The van der Waals surface area contributed by atoms with Crippen LogP contribution in [0.2, 0.25) is 0 Å². The van der Waals surface area contributed by atoms with Crippen LogP contribution in [0.15, 0.2) is 24.4 Å². The fourth-order valence-corrected chi connectivity index (χ4v) is 1.97. The molecule has 0 bridgehead atoms. The molecule has 0 aliphatic heterocycles. The molecule has 0 aliphatic carbocycles. The van der Waals surface area contributed by atoms with Gasteiger partial charge in [0.25, 0.3) is 0 Å². The number of rotatable bonds is 2. The largest absolute Gasteiger partial charge is 0.417 e. The Morgan fingerprint density at radius 1 is 1.35 bits per heavy atom. The Morgan fingerprint density at radius 2 is 2.06 bits per heavy atom. The van der Waals surface area contributed by atoms with Gasteiger partial charge in [0.2, 0.25) is 0 Å². The van der Waals surface area contributed by atoms with Crippen molar-refractivity contribution in [3.05, 3.63) is 35.5 Å². The molecule has 1 heterocycles. The Morgan fingerprint density at radius 3 is 2.65 bits per heavy atom. The highest BCUT2D eigenvalue weighted by atomic mass is 19.4. The summed E-state index contributed by atoms with van der Waals surface area (Å²) in [5.74, 6) is 0. The number of aromatic amines is 1. The summed E-state index contributed by atoms with van der Waals surface area (Å²) < 4.78 is 38.5. The zero-order chi connectivity index (χ0) is 12.6. The van der Waals surface area contributed by atoms with Crippen LogP contribution in [0.1, 0.15) is 18.1 Å². The molecule has 17 heavy (non-hydrogen) atoms. The lowest BCUT2D eigenvalue weighted by Gasteiger charge is -2.10. The SMILES string of the molecule is CC(O)Cc1c[nH]c2cccc(C(F)(F)F)c12. The van der Waals surface area contributed by atoms with Crippen LogP contribution in [0.4, 0.5) is 13.2 Å². The summed E-state index contributed by atoms with van der Waals surface area (Å²) in [4.78, 5) is 2.79. The number of aromatic nitrogens is 1. The number of H-pyrrole nitrogens is 1. The van der Waals surface area contributed by atoms with E-state index in [0.717, 1.165) is 6.07 Å². The second-order valence-electron chi connectivity index (χ2n) is 4.09. The molecule has 0 fully saturated rings. The van der Waals surface area contributed by atoms with Crippen LogP contribution in [0.25, 0.3) is 10.9 Å². The quantitative estimate of drug-likeness (QED) is 0.835. The monoisotopic (exact) mass is 243 g/mol. The molecule has 0 amide bonds. The normalized spacial score (nSPS) is 14.2. The van der Waals surface area contributed by atoms with Gasteiger partial charge in [-0.2, -0.15) is 13.2 Å². The van der Waals surface area contributed by atoms with Crippen molar-refractivity contribution in [2.75, 3.05) is 0 Å². The molecule has 0 saturated carbocycles. The van der Waals surface area contributed by atoms with E-state index in [4.69, 9.17) is 0 Å². The van der Waals surface area contributed by atoms with E-state index in [0.29, 0.717) is 11.1 Å². The fraction of sp³-hybridized carbons (Fsp3) is 0.333. The molecule has 0 spiro atoms. The van der Waals surface area contributed by atoms with Crippen LogP contribution >= 0.6 is 0 Å². The van der Waals surface area contributed by atoms with E-state index < -0.39 is 17.8 Å². The van der Waals surface area contributed by atoms with E-state index in [9.17, 15) is 18.3 Å². The van der Waals surface area contributed by atoms with Gasteiger partial charge >= 0.3 is 6.18 Å². The van der Waals surface area contributed by atoms with Crippen molar-refractivity contribution in [3.63, 3.8) is 0 Å². The van der Waals surface area contributed by atoms with Gasteiger partial charge < -0.3 is 10.1 Å². The number of alkyl halides is 3. The Hall–Kier alpha value is -1.49. The molecule has 2 aromatic rings. The molecule has 92 valence electrons. The van der Waals surface area contributed by atoms with Crippen LogP contribution in [-0.2, 0) is 12.6 Å². The molecule has 1 aromatic carbocycles. The number of benzene rings is 1. The average Bonchev–Trinajstić information content (AvgIpc) is 2.59. The summed E-state index contributed by atoms with van der Waals surface area (Å²) in [6, 6.07) is 4.02. The maximum absolute atomic E-state index is 12.8. The molecule has 2 N–H and O–H groups in total. The lowest BCUT2D eigenvalue weighted by molar-refractivity contribution is -0.136. The van der Waals surface area contributed by atoms with Crippen LogP contribution < -0.4 is 0 Å². The summed E-state index contributed by atoms with van der Waals surface area (Å²) >= 11 is 0. The number of fused-ring (bicyclic) bond motifs is 1. The molecule has 1 unspecified atom stereocenters. The molecule has 0 aliphatic rings. The van der Waals surface area contributed by atoms with E-state index in [2.05, 4.69) is 4.98 Å². The summed E-state index contributed by atoms with van der Waals surface area (Å²) in [5, 5.41) is 9.44. The standard InChI is InChI=1S/C12H12F3NO/c1-7(17)5-8-6-16-10-4-2-3-9(11(8)10)12(13,14)15/h2-4,6-7,16-17H,5H2,1H3. The van der Waals surface area contributed by atoms with Gasteiger partial charge in [-0.1, -0.05) is 6.07 Å². The number of nitrogens with one attached hydrogen (secondary N) is 1. The first-order chi connectivity index (χ1) is 7.89. The van der Waals surface area contributed by atoms with Crippen molar-refractivity contribution >= 4 is 10.9 Å². The molecular weight excluding hydrogens is 231 g/mol. The predicted octanol–water partition coefficient (Wildman–Crippen LogP) is 3.11. The maximum Gasteiger partial charge on any atom is 0.417 e. The molecule has 0 saturated heterocycles. The molecule has 1 aromatic heterocycles. The highest BCUT2D eigenvalue weighted by Crippen LogP contribution is 2.36. The predicted molar refractivity (Wildman–Crippen MR) is 58.7 cm³/mol. The number of aliphatic hydroxyl groups excluding tert-OH is 1. The van der Waals surface area contributed by atoms with Crippen LogP contribution in [-0.4, -0.2) is 16.2 Å². The van der Waals surface area contributed by atoms with Gasteiger partial charge in [0.15, 0.2) is 0 Å². The van der Waals surface area contributed by atoms with Gasteiger partial charge in [-0.15, -0.1) is 0 Å². The van der Waals surface area contributed by atoms with Crippen molar-refractivity contribution in [1.82, 2.24) is 4.98 Å². The second-order valence-corrected chi connectivity index (χ2v) is 4.09. The van der Waals surface area contributed by atoms with E-state index in [1.807, 2.05) is 0 Å². The third-order valence-electron chi connectivity index (χ3n) is 2.61. The van der Waals surface area contributed by atoms with E-state index in [1.54, 1.807) is 13.0 Å². The van der Waals surface area contributed by atoms with Gasteiger partial charge in [-0.25, -0.2) is 0 Å². The fourth-order valence-electron chi connectivity index (χ4n) is 1.97. The van der Waals surface area contributed by atoms with Gasteiger partial charge in [0, 0.05) is 23.5 Å². The topological polar surface area (TPSA) is 36.0 Å². The van der Waals surface area contributed by atoms with E-state index in [1.165, 1.54) is 12.3 Å². The number of hydrogen-bond donors (Lipinski definition) is 2. The minimum atomic E-state index is -4.38. The summed E-state index contributed by atoms with van der Waals surface area (Å²) in [7, 11) is 0. The highest BCUT2D eigenvalue weighted by molar-refractivity contribution is 5.87. The Kier molecular flexibility index (Phi) is 2.87. The van der Waals surface area contributed by atoms with Crippen molar-refractivity contribution < 1.29 is 18.3 Å². The van der Waals surface area contributed by atoms with Gasteiger partial charge in [0.05, 0.1) is 11.7 Å². The molecule has 0 radical (unpaired) electrons. The average molecular weight is 243 g/mol. The van der Waals surface area contributed by atoms with Crippen molar-refractivity contribution in [2.24, 2.45) is 0 Å². The third-order valence-corrected chi connectivity index (χ3v) is 2.61. The van der Waals surface area contributed by atoms with Crippen LogP contribution in [0, 0.1) is 0 Å². The molecule has 5 heteroatoms. The zero-order valence-electron chi connectivity index (χ0n) is 9.17. The van der Waals surface area contributed by atoms with E-state index in [-0.39, 0.29) is 11.8 Å². The minimum Gasteiger partial charge on any atom is -0.393 e. The Balaban J connectivity index is 2.64. The summed E-state index contributed by atoms with van der Waals surface area (Å²) in [6.07, 6.45) is -3.33. The first-order valence-corrected chi connectivity index (χ1v) is 5.24. The minimum absolute atomic E-state index is 0.154. The highest BCUT2D eigenvalue weighted by Gasteiger charge is 2.33. The Labute approximate surface area is 96.1 Å². The Bertz CT molecular complexity index is 528.